The number of aliphatic hydroxyl groups excluding tert-OH is 1. The van der Waals surface area contributed by atoms with E-state index in [4.69, 9.17) is 35.4 Å². The SMILES string of the molecule is C[C@@H](Cc1ccc(Cl)cc1Cl)C[C@@H]([C@H](O)C(C)(C)C)n1nc[nH]c1=S. The van der Waals surface area contributed by atoms with Gasteiger partial charge in [-0.3, -0.25) is 0 Å². The van der Waals surface area contributed by atoms with Crippen LogP contribution in [-0.4, -0.2) is 26.0 Å². The van der Waals surface area contributed by atoms with Crippen molar-refractivity contribution in [2.24, 2.45) is 11.3 Å². The molecule has 1 aromatic carbocycles. The zero-order valence-electron chi connectivity index (χ0n) is 15.0. The predicted molar refractivity (Wildman–Crippen MR) is 106 cm³/mol. The van der Waals surface area contributed by atoms with E-state index in [0.717, 1.165) is 18.4 Å². The monoisotopic (exact) mass is 401 g/mol. The van der Waals surface area contributed by atoms with E-state index in [1.54, 1.807) is 17.1 Å². The molecule has 0 aliphatic rings. The molecule has 2 aromatic rings. The van der Waals surface area contributed by atoms with Crippen molar-refractivity contribution in [2.45, 2.75) is 52.7 Å². The quantitative estimate of drug-likeness (QED) is 0.631. The molecule has 0 saturated carbocycles. The van der Waals surface area contributed by atoms with E-state index in [0.29, 0.717) is 14.8 Å². The van der Waals surface area contributed by atoms with Crippen LogP contribution in [0.15, 0.2) is 24.5 Å². The van der Waals surface area contributed by atoms with Crippen molar-refractivity contribution in [3.63, 3.8) is 0 Å². The van der Waals surface area contributed by atoms with Crippen LogP contribution < -0.4 is 0 Å². The lowest BCUT2D eigenvalue weighted by Crippen LogP contribution is -2.37. The van der Waals surface area contributed by atoms with Crippen LogP contribution in [0, 0.1) is 16.1 Å². The molecule has 0 saturated heterocycles. The van der Waals surface area contributed by atoms with Gasteiger partial charge >= 0.3 is 0 Å². The lowest BCUT2D eigenvalue weighted by atomic mass is 9.81. The van der Waals surface area contributed by atoms with Crippen LogP contribution in [-0.2, 0) is 6.42 Å². The van der Waals surface area contributed by atoms with Gasteiger partial charge < -0.3 is 10.1 Å². The van der Waals surface area contributed by atoms with Gasteiger partial charge in [-0.05, 0) is 54.1 Å². The summed E-state index contributed by atoms with van der Waals surface area (Å²) >= 11 is 17.6. The van der Waals surface area contributed by atoms with Crippen molar-refractivity contribution in [3.05, 3.63) is 44.9 Å². The number of H-pyrrole nitrogens is 1. The molecule has 0 bridgehead atoms. The summed E-state index contributed by atoms with van der Waals surface area (Å²) in [6, 6.07) is 5.35. The van der Waals surface area contributed by atoms with E-state index in [1.807, 2.05) is 32.9 Å². The second kappa shape index (κ2) is 8.21. The van der Waals surface area contributed by atoms with Crippen molar-refractivity contribution in [3.8, 4) is 0 Å². The van der Waals surface area contributed by atoms with Gasteiger partial charge in [0.2, 0.25) is 0 Å². The summed E-state index contributed by atoms with van der Waals surface area (Å²) in [7, 11) is 0. The zero-order valence-corrected chi connectivity index (χ0v) is 17.3. The number of halogens is 2. The highest BCUT2D eigenvalue weighted by atomic mass is 35.5. The highest BCUT2D eigenvalue weighted by molar-refractivity contribution is 7.71. The Kier molecular flexibility index (Phi) is 6.71. The molecule has 0 aliphatic carbocycles. The van der Waals surface area contributed by atoms with Crippen LogP contribution in [0.4, 0.5) is 0 Å². The lowest BCUT2D eigenvalue weighted by Gasteiger charge is -2.34. The summed E-state index contributed by atoms with van der Waals surface area (Å²) in [5, 5.41) is 16.5. The minimum atomic E-state index is -0.578. The van der Waals surface area contributed by atoms with Gasteiger partial charge in [0.1, 0.15) is 6.33 Å². The Morgan fingerprint density at radius 3 is 2.52 bits per heavy atom. The molecule has 138 valence electrons. The average molecular weight is 402 g/mol. The Morgan fingerprint density at radius 1 is 1.32 bits per heavy atom. The van der Waals surface area contributed by atoms with Crippen molar-refractivity contribution in [1.82, 2.24) is 14.8 Å². The molecule has 4 nitrogen and oxygen atoms in total. The number of nitrogens with one attached hydrogen (secondary N) is 1. The van der Waals surface area contributed by atoms with Crippen molar-refractivity contribution >= 4 is 35.4 Å². The molecule has 0 spiro atoms. The predicted octanol–water partition coefficient (Wildman–Crippen LogP) is 5.46. The molecule has 0 fully saturated rings. The number of aliphatic hydroxyl groups is 1. The van der Waals surface area contributed by atoms with Crippen molar-refractivity contribution in [2.75, 3.05) is 0 Å². The molecule has 2 N–H and O–H groups in total. The maximum atomic E-state index is 10.9. The van der Waals surface area contributed by atoms with Gasteiger partial charge in [-0.25, -0.2) is 4.68 Å². The Hall–Kier alpha value is -0.880. The van der Waals surface area contributed by atoms with Crippen LogP contribution in [0.25, 0.3) is 0 Å². The molecular formula is C18H25Cl2N3OS. The van der Waals surface area contributed by atoms with Gasteiger partial charge in [0.05, 0.1) is 12.1 Å². The Labute approximate surface area is 164 Å². The molecule has 0 aliphatic heterocycles. The Bertz CT molecular complexity index is 766. The smallest absolute Gasteiger partial charge is 0.195 e. The van der Waals surface area contributed by atoms with Gasteiger partial charge in [-0.15, -0.1) is 0 Å². The Morgan fingerprint density at radius 2 is 2.00 bits per heavy atom. The number of nitrogens with zero attached hydrogens (tertiary/aromatic N) is 2. The van der Waals surface area contributed by atoms with E-state index in [1.165, 1.54) is 0 Å². The van der Waals surface area contributed by atoms with E-state index in [2.05, 4.69) is 17.0 Å². The molecule has 1 heterocycles. The summed E-state index contributed by atoms with van der Waals surface area (Å²) in [4.78, 5) is 2.91. The molecule has 7 heteroatoms. The second-order valence-electron chi connectivity index (χ2n) is 7.70. The van der Waals surface area contributed by atoms with Crippen LogP contribution >= 0.6 is 35.4 Å². The van der Waals surface area contributed by atoms with Crippen LogP contribution in [0.2, 0.25) is 10.0 Å². The van der Waals surface area contributed by atoms with Crippen molar-refractivity contribution in [1.29, 1.82) is 0 Å². The molecule has 1 aromatic heterocycles. The maximum absolute atomic E-state index is 10.9. The summed E-state index contributed by atoms with van der Waals surface area (Å²) in [5.74, 6) is 0.277. The molecule has 0 unspecified atom stereocenters. The fraction of sp³-hybridized carbons (Fsp3) is 0.556. The van der Waals surface area contributed by atoms with E-state index < -0.39 is 6.10 Å². The average Bonchev–Trinajstić information content (AvgIpc) is 2.92. The standard InChI is InChI=1S/C18H25Cl2N3OS/c1-11(7-12-5-6-13(19)9-14(12)20)8-15(16(24)18(2,3)4)23-17(25)21-10-22-23/h5-6,9-11,15-16,24H,7-8H2,1-4H3,(H,21,22,25)/t11-,15-,16-/m0/s1. The molecular weight excluding hydrogens is 377 g/mol. The van der Waals surface area contributed by atoms with Gasteiger partial charge in [0.15, 0.2) is 4.77 Å². The minimum absolute atomic E-state index is 0.208. The van der Waals surface area contributed by atoms with E-state index >= 15 is 0 Å². The van der Waals surface area contributed by atoms with Crippen LogP contribution in [0.3, 0.4) is 0 Å². The number of benzene rings is 1. The summed E-state index contributed by atoms with van der Waals surface area (Å²) in [6.45, 7) is 8.19. The van der Waals surface area contributed by atoms with Gasteiger partial charge in [0, 0.05) is 10.0 Å². The summed E-state index contributed by atoms with van der Waals surface area (Å²) < 4.78 is 2.23. The third kappa shape index (κ3) is 5.30. The molecule has 3 atom stereocenters. The molecule has 2 rings (SSSR count). The number of hydrogen-bond acceptors (Lipinski definition) is 3. The maximum Gasteiger partial charge on any atom is 0.195 e. The van der Waals surface area contributed by atoms with Crippen LogP contribution in [0.1, 0.15) is 45.7 Å². The summed E-state index contributed by atoms with van der Waals surface area (Å²) in [6.07, 6.45) is 2.51. The largest absolute Gasteiger partial charge is 0.390 e. The first-order valence-corrected chi connectivity index (χ1v) is 9.50. The number of aromatic nitrogens is 3. The first kappa shape index (κ1) is 20.4. The van der Waals surface area contributed by atoms with E-state index in [-0.39, 0.29) is 17.4 Å². The number of rotatable bonds is 6. The first-order valence-electron chi connectivity index (χ1n) is 8.33. The molecule has 25 heavy (non-hydrogen) atoms. The third-order valence-electron chi connectivity index (χ3n) is 4.37. The summed E-state index contributed by atoms with van der Waals surface area (Å²) in [5.41, 5.74) is 0.768. The van der Waals surface area contributed by atoms with Gasteiger partial charge in [-0.1, -0.05) is 57.0 Å². The van der Waals surface area contributed by atoms with Gasteiger partial charge in [0.25, 0.3) is 0 Å². The minimum Gasteiger partial charge on any atom is -0.390 e. The lowest BCUT2D eigenvalue weighted by molar-refractivity contribution is 0.00389. The highest BCUT2D eigenvalue weighted by Gasteiger charge is 2.33. The van der Waals surface area contributed by atoms with Gasteiger partial charge in [-0.2, -0.15) is 5.10 Å². The van der Waals surface area contributed by atoms with E-state index in [9.17, 15) is 5.11 Å². The highest BCUT2D eigenvalue weighted by Crippen LogP contribution is 2.34. The third-order valence-corrected chi connectivity index (χ3v) is 5.26. The zero-order chi connectivity index (χ0) is 18.8. The fourth-order valence-corrected chi connectivity index (χ4v) is 3.72. The number of aromatic amines is 1. The van der Waals surface area contributed by atoms with Crippen molar-refractivity contribution < 1.29 is 5.11 Å². The fourth-order valence-electron chi connectivity index (χ4n) is 3.00. The molecule has 0 amide bonds. The molecule has 0 radical (unpaired) electrons. The van der Waals surface area contributed by atoms with Crippen LogP contribution in [0.5, 0.6) is 0 Å². The number of hydrogen-bond donors (Lipinski definition) is 2. The second-order valence-corrected chi connectivity index (χ2v) is 8.93. The topological polar surface area (TPSA) is 53.8 Å². The normalized spacial score (nSPS) is 15.8. The Balaban J connectivity index is 2.21. The first-order chi connectivity index (χ1) is 11.6.